The lowest BCUT2D eigenvalue weighted by Gasteiger charge is -2.32. The Bertz CT molecular complexity index is 644. The number of carbonyl (C=O) groups excluding carboxylic acids is 1. The quantitative estimate of drug-likeness (QED) is 0.946. The summed E-state index contributed by atoms with van der Waals surface area (Å²) < 4.78 is 0. The van der Waals surface area contributed by atoms with Gasteiger partial charge in [-0.15, -0.1) is 0 Å². The monoisotopic (exact) mass is 296 g/mol. The fourth-order valence-corrected chi connectivity index (χ4v) is 2.80. The third-order valence-corrected chi connectivity index (χ3v) is 4.07. The minimum Gasteiger partial charge on any atom is -0.355 e. The highest BCUT2D eigenvalue weighted by atomic mass is 16.1. The Morgan fingerprint density at radius 2 is 2.18 bits per heavy atom. The van der Waals surface area contributed by atoms with E-state index in [-0.39, 0.29) is 11.8 Å². The average molecular weight is 296 g/mol. The maximum atomic E-state index is 12.5. The second-order valence-electron chi connectivity index (χ2n) is 5.65. The Kier molecular flexibility index (Phi) is 4.32. The van der Waals surface area contributed by atoms with E-state index in [1.165, 1.54) is 0 Å². The first-order chi connectivity index (χ1) is 10.7. The number of amides is 1. The number of para-hydroxylation sites is 1. The van der Waals surface area contributed by atoms with Crippen LogP contribution in [0.15, 0.2) is 42.9 Å². The van der Waals surface area contributed by atoms with Crippen LogP contribution in [0.25, 0.3) is 0 Å². The summed E-state index contributed by atoms with van der Waals surface area (Å²) in [6.45, 7) is 3.62. The van der Waals surface area contributed by atoms with Gasteiger partial charge in [0.2, 0.25) is 5.91 Å². The third kappa shape index (κ3) is 3.24. The van der Waals surface area contributed by atoms with Crippen molar-refractivity contribution in [1.29, 1.82) is 0 Å². The molecule has 5 nitrogen and oxygen atoms in total. The van der Waals surface area contributed by atoms with Crippen molar-refractivity contribution in [3.63, 3.8) is 0 Å². The van der Waals surface area contributed by atoms with Crippen molar-refractivity contribution in [3.05, 3.63) is 48.4 Å². The lowest BCUT2D eigenvalue weighted by Crippen LogP contribution is -2.41. The maximum absolute atomic E-state index is 12.5. The van der Waals surface area contributed by atoms with Gasteiger partial charge in [-0.05, 0) is 31.4 Å². The lowest BCUT2D eigenvalue weighted by molar-refractivity contribution is -0.120. The topological polar surface area (TPSA) is 58.1 Å². The zero-order chi connectivity index (χ0) is 15.4. The van der Waals surface area contributed by atoms with Crippen LogP contribution in [0.2, 0.25) is 0 Å². The molecule has 1 fully saturated rings. The smallest absolute Gasteiger partial charge is 0.229 e. The van der Waals surface area contributed by atoms with Gasteiger partial charge in [-0.2, -0.15) is 0 Å². The molecule has 0 saturated carbocycles. The Balaban J connectivity index is 1.67. The number of benzene rings is 1. The van der Waals surface area contributed by atoms with Crippen LogP contribution >= 0.6 is 0 Å². The Hall–Kier alpha value is -2.43. The van der Waals surface area contributed by atoms with Crippen molar-refractivity contribution < 1.29 is 4.79 Å². The van der Waals surface area contributed by atoms with E-state index in [2.05, 4.69) is 20.2 Å². The van der Waals surface area contributed by atoms with Gasteiger partial charge in [0, 0.05) is 31.2 Å². The third-order valence-electron chi connectivity index (χ3n) is 4.07. The number of aryl methyl sites for hydroxylation is 1. The molecular formula is C17H20N4O. The molecule has 1 aliphatic rings. The summed E-state index contributed by atoms with van der Waals surface area (Å²) in [7, 11) is 0. The molecule has 0 bridgehead atoms. The zero-order valence-electron chi connectivity index (χ0n) is 12.7. The summed E-state index contributed by atoms with van der Waals surface area (Å²) >= 11 is 0. The van der Waals surface area contributed by atoms with E-state index in [4.69, 9.17) is 0 Å². The molecule has 22 heavy (non-hydrogen) atoms. The van der Waals surface area contributed by atoms with Crippen molar-refractivity contribution in [2.75, 3.05) is 23.3 Å². The second kappa shape index (κ2) is 6.56. The summed E-state index contributed by atoms with van der Waals surface area (Å²) in [6, 6.07) is 7.86. The van der Waals surface area contributed by atoms with E-state index in [0.717, 1.165) is 36.5 Å². The van der Waals surface area contributed by atoms with Crippen molar-refractivity contribution in [3.8, 4) is 0 Å². The first kappa shape index (κ1) is 14.5. The molecule has 1 aromatic heterocycles. The molecule has 1 N–H and O–H groups in total. The van der Waals surface area contributed by atoms with Gasteiger partial charge in [0.05, 0.1) is 12.1 Å². The Morgan fingerprint density at radius 1 is 1.32 bits per heavy atom. The van der Waals surface area contributed by atoms with Gasteiger partial charge in [0.1, 0.15) is 5.82 Å². The molecule has 1 aliphatic heterocycles. The fraction of sp³-hybridized carbons (Fsp3) is 0.353. The molecule has 0 aliphatic carbocycles. The summed E-state index contributed by atoms with van der Waals surface area (Å²) in [5.74, 6) is 0.911. The van der Waals surface area contributed by atoms with E-state index in [1.54, 1.807) is 18.6 Å². The molecule has 0 spiro atoms. The molecule has 0 radical (unpaired) electrons. The number of anilines is 2. The van der Waals surface area contributed by atoms with Crippen LogP contribution < -0.4 is 10.2 Å². The molecule has 5 heteroatoms. The van der Waals surface area contributed by atoms with Crippen LogP contribution in [0.1, 0.15) is 18.4 Å². The van der Waals surface area contributed by atoms with E-state index >= 15 is 0 Å². The first-order valence-corrected chi connectivity index (χ1v) is 7.61. The van der Waals surface area contributed by atoms with Gasteiger partial charge in [0.25, 0.3) is 0 Å². The van der Waals surface area contributed by atoms with Gasteiger partial charge >= 0.3 is 0 Å². The predicted molar refractivity (Wildman–Crippen MR) is 86.8 cm³/mol. The van der Waals surface area contributed by atoms with Gasteiger partial charge in [-0.25, -0.2) is 4.98 Å². The van der Waals surface area contributed by atoms with Gasteiger partial charge in [-0.3, -0.25) is 9.78 Å². The van der Waals surface area contributed by atoms with Crippen LogP contribution in [0.4, 0.5) is 11.5 Å². The van der Waals surface area contributed by atoms with Gasteiger partial charge in [0.15, 0.2) is 0 Å². The molecule has 1 aromatic carbocycles. The molecule has 2 heterocycles. The molecule has 1 amide bonds. The number of nitrogens with zero attached hydrogens (tertiary/aromatic N) is 3. The predicted octanol–water partition coefficient (Wildman–Crippen LogP) is 2.64. The van der Waals surface area contributed by atoms with Crippen LogP contribution in [-0.4, -0.2) is 29.0 Å². The number of aromatic nitrogens is 2. The van der Waals surface area contributed by atoms with Crippen LogP contribution in [0.5, 0.6) is 0 Å². The van der Waals surface area contributed by atoms with E-state index in [1.807, 2.05) is 31.2 Å². The number of hydrogen-bond donors (Lipinski definition) is 1. The van der Waals surface area contributed by atoms with Gasteiger partial charge < -0.3 is 10.2 Å². The minimum atomic E-state index is -0.0182. The average Bonchev–Trinajstić information content (AvgIpc) is 2.58. The molecule has 114 valence electrons. The summed E-state index contributed by atoms with van der Waals surface area (Å²) in [5.41, 5.74) is 1.97. The number of carbonyl (C=O) groups is 1. The highest BCUT2D eigenvalue weighted by molar-refractivity contribution is 5.93. The SMILES string of the molecule is Cc1ccccc1NC(=O)C1CCCN(c2cnccn2)C1. The van der Waals surface area contributed by atoms with Crippen molar-refractivity contribution in [1.82, 2.24) is 9.97 Å². The first-order valence-electron chi connectivity index (χ1n) is 7.61. The highest BCUT2D eigenvalue weighted by Crippen LogP contribution is 2.23. The molecule has 1 unspecified atom stereocenters. The largest absolute Gasteiger partial charge is 0.355 e. The van der Waals surface area contributed by atoms with Gasteiger partial charge in [-0.1, -0.05) is 18.2 Å². The standard InChI is InChI=1S/C17H20N4O/c1-13-5-2-3-7-15(13)20-17(22)14-6-4-10-21(12-14)16-11-18-8-9-19-16/h2-3,5,7-9,11,14H,4,6,10,12H2,1H3,(H,20,22). The number of piperidine rings is 1. The number of rotatable bonds is 3. The number of nitrogens with one attached hydrogen (secondary N) is 1. The molecular weight excluding hydrogens is 276 g/mol. The van der Waals surface area contributed by atoms with E-state index < -0.39 is 0 Å². The van der Waals surface area contributed by atoms with Crippen LogP contribution in [0, 0.1) is 12.8 Å². The molecule has 1 atom stereocenters. The summed E-state index contributed by atoms with van der Waals surface area (Å²) in [6.07, 6.45) is 7.00. The Morgan fingerprint density at radius 3 is 2.95 bits per heavy atom. The van der Waals surface area contributed by atoms with Crippen molar-refractivity contribution >= 4 is 17.4 Å². The van der Waals surface area contributed by atoms with E-state index in [9.17, 15) is 4.79 Å². The van der Waals surface area contributed by atoms with Crippen LogP contribution in [-0.2, 0) is 4.79 Å². The lowest BCUT2D eigenvalue weighted by atomic mass is 9.97. The van der Waals surface area contributed by atoms with E-state index in [0.29, 0.717) is 6.54 Å². The number of hydrogen-bond acceptors (Lipinski definition) is 4. The van der Waals surface area contributed by atoms with Crippen LogP contribution in [0.3, 0.4) is 0 Å². The van der Waals surface area contributed by atoms with Crippen molar-refractivity contribution in [2.24, 2.45) is 5.92 Å². The molecule has 2 aromatic rings. The minimum absolute atomic E-state index is 0.0182. The molecule has 1 saturated heterocycles. The van der Waals surface area contributed by atoms with Crippen molar-refractivity contribution in [2.45, 2.75) is 19.8 Å². The second-order valence-corrected chi connectivity index (χ2v) is 5.65. The maximum Gasteiger partial charge on any atom is 0.229 e. The molecule has 3 rings (SSSR count). The summed E-state index contributed by atoms with van der Waals surface area (Å²) in [5, 5.41) is 3.05. The fourth-order valence-electron chi connectivity index (χ4n) is 2.80. The summed E-state index contributed by atoms with van der Waals surface area (Å²) in [4.78, 5) is 23.1. The normalized spacial score (nSPS) is 18.0. The zero-order valence-corrected chi connectivity index (χ0v) is 12.7. The Labute approximate surface area is 130 Å². The highest BCUT2D eigenvalue weighted by Gasteiger charge is 2.26.